The maximum Gasteiger partial charge on any atom is 0.216 e. The number of nitrogens with one attached hydrogen (secondary N) is 1. The summed E-state index contributed by atoms with van der Waals surface area (Å²) < 4.78 is 11.1. The molecule has 3 rings (SSSR count). The van der Waals surface area contributed by atoms with Crippen LogP contribution in [0.1, 0.15) is 25.7 Å². The molecule has 2 saturated heterocycles. The average Bonchev–Trinajstić information content (AvgIpc) is 2.69. The SMILES string of the molecule is COc1cc(OC2CC3CCC(C2)N3)ccn1. The molecule has 4 heteroatoms. The summed E-state index contributed by atoms with van der Waals surface area (Å²) in [4.78, 5) is 4.08. The molecule has 4 nitrogen and oxygen atoms in total. The van der Waals surface area contributed by atoms with Gasteiger partial charge >= 0.3 is 0 Å². The third-order valence-corrected chi connectivity index (χ3v) is 3.65. The van der Waals surface area contributed by atoms with Crippen molar-refractivity contribution < 1.29 is 9.47 Å². The molecule has 0 aliphatic carbocycles. The van der Waals surface area contributed by atoms with E-state index in [0.717, 1.165) is 18.6 Å². The number of pyridine rings is 1. The standard InChI is InChI=1S/C13H18N2O2/c1-16-13-8-11(4-5-14-13)17-12-6-9-2-3-10(7-12)15-9/h4-5,8-10,12,15H,2-3,6-7H2,1H3. The summed E-state index contributed by atoms with van der Waals surface area (Å²) in [6.45, 7) is 0. The van der Waals surface area contributed by atoms with Gasteiger partial charge in [-0.2, -0.15) is 0 Å². The van der Waals surface area contributed by atoms with Crippen LogP contribution >= 0.6 is 0 Å². The molecule has 0 saturated carbocycles. The maximum atomic E-state index is 6.02. The smallest absolute Gasteiger partial charge is 0.216 e. The van der Waals surface area contributed by atoms with Gasteiger partial charge in [-0.15, -0.1) is 0 Å². The summed E-state index contributed by atoms with van der Waals surface area (Å²) in [6.07, 6.45) is 6.88. The number of fused-ring (bicyclic) bond motifs is 2. The van der Waals surface area contributed by atoms with Crippen LogP contribution in [0.15, 0.2) is 18.3 Å². The number of ether oxygens (including phenoxy) is 2. The first-order chi connectivity index (χ1) is 8.33. The predicted molar refractivity (Wildman–Crippen MR) is 64.4 cm³/mol. The molecule has 92 valence electrons. The van der Waals surface area contributed by atoms with Crippen LogP contribution in [0.25, 0.3) is 0 Å². The second-order valence-electron chi connectivity index (χ2n) is 4.88. The Morgan fingerprint density at radius 1 is 1.29 bits per heavy atom. The Kier molecular flexibility index (Phi) is 2.89. The van der Waals surface area contributed by atoms with E-state index in [0.29, 0.717) is 24.1 Å². The number of rotatable bonds is 3. The molecule has 2 atom stereocenters. The molecule has 0 radical (unpaired) electrons. The van der Waals surface area contributed by atoms with E-state index in [4.69, 9.17) is 9.47 Å². The van der Waals surface area contributed by atoms with Crippen LogP contribution in [0.3, 0.4) is 0 Å². The van der Waals surface area contributed by atoms with E-state index in [1.54, 1.807) is 13.3 Å². The summed E-state index contributed by atoms with van der Waals surface area (Å²) >= 11 is 0. The minimum absolute atomic E-state index is 0.334. The van der Waals surface area contributed by atoms with E-state index in [9.17, 15) is 0 Å². The van der Waals surface area contributed by atoms with Crippen molar-refractivity contribution in [2.24, 2.45) is 0 Å². The van der Waals surface area contributed by atoms with Crippen molar-refractivity contribution >= 4 is 0 Å². The number of aromatic nitrogens is 1. The van der Waals surface area contributed by atoms with Crippen LogP contribution in [0.2, 0.25) is 0 Å². The van der Waals surface area contributed by atoms with Gasteiger partial charge in [0, 0.05) is 24.3 Å². The first-order valence-corrected chi connectivity index (χ1v) is 6.26. The van der Waals surface area contributed by atoms with Crippen molar-refractivity contribution in [3.63, 3.8) is 0 Å². The Labute approximate surface area is 101 Å². The highest BCUT2D eigenvalue weighted by Crippen LogP contribution is 2.30. The Hall–Kier alpha value is -1.29. The third-order valence-electron chi connectivity index (χ3n) is 3.65. The van der Waals surface area contributed by atoms with Gasteiger partial charge in [-0.05, 0) is 31.7 Å². The molecule has 2 aliphatic heterocycles. The molecule has 2 bridgehead atoms. The summed E-state index contributed by atoms with van der Waals surface area (Å²) in [6, 6.07) is 5.06. The summed E-state index contributed by atoms with van der Waals surface area (Å²) in [5.41, 5.74) is 0. The lowest BCUT2D eigenvalue weighted by Crippen LogP contribution is -2.42. The molecule has 3 heterocycles. The molecule has 2 unspecified atom stereocenters. The van der Waals surface area contributed by atoms with Gasteiger partial charge in [0.15, 0.2) is 0 Å². The Morgan fingerprint density at radius 2 is 2.06 bits per heavy atom. The van der Waals surface area contributed by atoms with Gasteiger partial charge in [-0.25, -0.2) is 4.98 Å². The zero-order valence-corrected chi connectivity index (χ0v) is 10.1. The first kappa shape index (κ1) is 10.8. The van der Waals surface area contributed by atoms with Crippen molar-refractivity contribution in [2.75, 3.05) is 7.11 Å². The average molecular weight is 234 g/mol. The van der Waals surface area contributed by atoms with Gasteiger partial charge in [0.1, 0.15) is 11.9 Å². The minimum atomic E-state index is 0.334. The summed E-state index contributed by atoms with van der Waals surface area (Å²) in [5.74, 6) is 1.47. The number of piperidine rings is 1. The van der Waals surface area contributed by atoms with Crippen molar-refractivity contribution in [1.29, 1.82) is 0 Å². The highest BCUT2D eigenvalue weighted by Gasteiger charge is 2.34. The van der Waals surface area contributed by atoms with Crippen molar-refractivity contribution in [3.8, 4) is 11.6 Å². The molecule has 1 N–H and O–H groups in total. The van der Waals surface area contributed by atoms with E-state index < -0.39 is 0 Å². The van der Waals surface area contributed by atoms with Crippen molar-refractivity contribution in [1.82, 2.24) is 10.3 Å². The summed E-state index contributed by atoms with van der Waals surface area (Å²) in [5, 5.41) is 3.61. The van der Waals surface area contributed by atoms with Crippen LogP contribution in [0.4, 0.5) is 0 Å². The van der Waals surface area contributed by atoms with E-state index in [1.165, 1.54) is 12.8 Å². The lowest BCUT2D eigenvalue weighted by atomic mass is 10.0. The number of nitrogens with zero attached hydrogens (tertiary/aromatic N) is 1. The Bertz CT molecular complexity index is 385. The van der Waals surface area contributed by atoms with Crippen LogP contribution in [-0.4, -0.2) is 30.3 Å². The zero-order chi connectivity index (χ0) is 11.7. The van der Waals surface area contributed by atoms with Crippen LogP contribution < -0.4 is 14.8 Å². The molecule has 0 amide bonds. The lowest BCUT2D eigenvalue weighted by Gasteiger charge is -2.29. The highest BCUT2D eigenvalue weighted by atomic mass is 16.5. The van der Waals surface area contributed by atoms with Gasteiger partial charge in [0.25, 0.3) is 0 Å². The number of hydrogen-bond acceptors (Lipinski definition) is 4. The molecule has 2 aliphatic rings. The Balaban J connectivity index is 1.66. The molecule has 1 aromatic rings. The molecule has 0 aromatic carbocycles. The monoisotopic (exact) mass is 234 g/mol. The number of methoxy groups -OCH3 is 1. The molecule has 1 aromatic heterocycles. The van der Waals surface area contributed by atoms with E-state index in [-0.39, 0.29) is 0 Å². The molecule has 17 heavy (non-hydrogen) atoms. The largest absolute Gasteiger partial charge is 0.490 e. The van der Waals surface area contributed by atoms with Crippen molar-refractivity contribution in [2.45, 2.75) is 43.9 Å². The van der Waals surface area contributed by atoms with Gasteiger partial charge < -0.3 is 14.8 Å². The Morgan fingerprint density at radius 3 is 2.76 bits per heavy atom. The lowest BCUT2D eigenvalue weighted by molar-refractivity contribution is 0.137. The van der Waals surface area contributed by atoms with Crippen molar-refractivity contribution in [3.05, 3.63) is 18.3 Å². The fraction of sp³-hybridized carbons (Fsp3) is 0.615. The van der Waals surface area contributed by atoms with Crippen LogP contribution in [0.5, 0.6) is 11.6 Å². The predicted octanol–water partition coefficient (Wildman–Crippen LogP) is 1.75. The number of hydrogen-bond donors (Lipinski definition) is 1. The van der Waals surface area contributed by atoms with E-state index in [1.807, 2.05) is 12.1 Å². The third kappa shape index (κ3) is 2.36. The molecule has 2 fully saturated rings. The second-order valence-corrected chi connectivity index (χ2v) is 4.88. The second kappa shape index (κ2) is 4.53. The van der Waals surface area contributed by atoms with Crippen LogP contribution in [0, 0.1) is 0 Å². The molecular formula is C13H18N2O2. The minimum Gasteiger partial charge on any atom is -0.490 e. The highest BCUT2D eigenvalue weighted by molar-refractivity contribution is 5.26. The van der Waals surface area contributed by atoms with Gasteiger partial charge in [0.05, 0.1) is 7.11 Å². The molecule has 0 spiro atoms. The topological polar surface area (TPSA) is 43.4 Å². The molecular weight excluding hydrogens is 216 g/mol. The van der Waals surface area contributed by atoms with E-state index in [2.05, 4.69) is 10.3 Å². The summed E-state index contributed by atoms with van der Waals surface area (Å²) in [7, 11) is 1.62. The first-order valence-electron chi connectivity index (χ1n) is 6.26. The van der Waals surface area contributed by atoms with Crippen LogP contribution in [-0.2, 0) is 0 Å². The fourth-order valence-electron chi connectivity index (χ4n) is 2.87. The maximum absolute atomic E-state index is 6.02. The fourth-order valence-corrected chi connectivity index (χ4v) is 2.87. The van der Waals surface area contributed by atoms with Gasteiger partial charge in [-0.1, -0.05) is 0 Å². The zero-order valence-electron chi connectivity index (χ0n) is 10.1. The van der Waals surface area contributed by atoms with E-state index >= 15 is 0 Å². The van der Waals surface area contributed by atoms with Gasteiger partial charge in [-0.3, -0.25) is 0 Å². The quantitative estimate of drug-likeness (QED) is 0.865. The normalized spacial score (nSPS) is 31.2. The van der Waals surface area contributed by atoms with Gasteiger partial charge in [0.2, 0.25) is 5.88 Å².